The minimum absolute atomic E-state index is 0.0199. The van der Waals surface area contributed by atoms with E-state index >= 15 is 0 Å². The molecule has 0 fully saturated rings. The van der Waals surface area contributed by atoms with Crippen molar-refractivity contribution in [3.8, 4) is 11.5 Å². The van der Waals surface area contributed by atoms with Crippen LogP contribution in [0, 0.1) is 0 Å². The Morgan fingerprint density at radius 3 is 2.90 bits per heavy atom. The number of aryl methyl sites for hydroxylation is 1. The van der Waals surface area contributed by atoms with E-state index in [1.54, 1.807) is 12.5 Å². The minimum atomic E-state index is 0.0199. The normalized spacial score (nSPS) is 13.8. The van der Waals surface area contributed by atoms with E-state index in [2.05, 4.69) is 29.0 Å². The molecule has 0 aliphatic carbocycles. The van der Waals surface area contributed by atoms with Crippen LogP contribution in [0.3, 0.4) is 0 Å². The lowest BCUT2D eigenvalue weighted by molar-refractivity contribution is 0.0734. The summed E-state index contributed by atoms with van der Waals surface area (Å²) in [5, 5.41) is 14.1. The maximum absolute atomic E-state index is 13.3. The highest BCUT2D eigenvalue weighted by Gasteiger charge is 2.29. The minimum Gasteiger partial charge on any atom is -0.334 e. The van der Waals surface area contributed by atoms with Gasteiger partial charge in [0, 0.05) is 54.5 Å². The van der Waals surface area contributed by atoms with E-state index in [1.165, 1.54) is 0 Å². The smallest absolute Gasteiger partial charge is 0.254 e. The molecule has 30 heavy (non-hydrogen) atoms. The zero-order valence-corrected chi connectivity index (χ0v) is 17.3. The average molecular weight is 401 g/mol. The molecule has 0 spiro atoms. The van der Waals surface area contributed by atoms with Crippen molar-refractivity contribution >= 4 is 16.8 Å². The first-order valence-electron chi connectivity index (χ1n) is 10.1. The number of benzene rings is 1. The molecule has 1 aromatic carbocycles. The van der Waals surface area contributed by atoms with Gasteiger partial charge in [-0.3, -0.25) is 14.5 Å². The number of carbonyl (C=O) groups excluding carboxylic acids is 1. The van der Waals surface area contributed by atoms with Crippen molar-refractivity contribution in [2.75, 3.05) is 6.54 Å². The van der Waals surface area contributed by atoms with Gasteiger partial charge in [-0.05, 0) is 38.1 Å². The summed E-state index contributed by atoms with van der Waals surface area (Å²) in [5.41, 5.74) is 4.57. The lowest BCUT2D eigenvalue weighted by Gasteiger charge is -2.28. The molecular formula is C22H23N7O. The van der Waals surface area contributed by atoms with Crippen molar-refractivity contribution in [3.63, 3.8) is 0 Å². The van der Waals surface area contributed by atoms with Gasteiger partial charge in [-0.25, -0.2) is 0 Å². The van der Waals surface area contributed by atoms with Gasteiger partial charge in [-0.1, -0.05) is 6.07 Å². The Morgan fingerprint density at radius 1 is 1.20 bits per heavy atom. The van der Waals surface area contributed by atoms with E-state index in [9.17, 15) is 4.79 Å². The van der Waals surface area contributed by atoms with Crippen LogP contribution in [-0.2, 0) is 20.0 Å². The van der Waals surface area contributed by atoms with Crippen LogP contribution in [0.15, 0.2) is 42.9 Å². The van der Waals surface area contributed by atoms with Crippen molar-refractivity contribution in [1.82, 2.24) is 34.4 Å². The molecule has 0 unspecified atom stereocenters. The number of amides is 1. The highest BCUT2D eigenvalue weighted by Crippen LogP contribution is 2.30. The third-order valence-corrected chi connectivity index (χ3v) is 5.72. The van der Waals surface area contributed by atoms with Gasteiger partial charge >= 0.3 is 0 Å². The van der Waals surface area contributed by atoms with E-state index in [4.69, 9.17) is 5.10 Å². The van der Waals surface area contributed by atoms with Gasteiger partial charge in [-0.15, -0.1) is 10.2 Å². The first-order chi connectivity index (χ1) is 14.5. The van der Waals surface area contributed by atoms with Gasteiger partial charge in [0.25, 0.3) is 5.91 Å². The molecule has 5 rings (SSSR count). The number of pyridine rings is 1. The summed E-state index contributed by atoms with van der Waals surface area (Å²) < 4.78 is 3.92. The summed E-state index contributed by atoms with van der Waals surface area (Å²) in [7, 11) is 1.95. The number of carbonyl (C=O) groups is 1. The number of nitrogens with zero attached hydrogens (tertiary/aromatic N) is 7. The van der Waals surface area contributed by atoms with Crippen LogP contribution in [0.1, 0.15) is 41.5 Å². The first kappa shape index (κ1) is 18.5. The zero-order chi connectivity index (χ0) is 20.8. The van der Waals surface area contributed by atoms with Gasteiger partial charge in [0.2, 0.25) is 0 Å². The SMILES string of the molecule is CC(C)n1cnnc1-c1nn(C)c2c1CN(C(=O)c1ccc3ncccc3c1)CC2. The molecule has 0 saturated carbocycles. The van der Waals surface area contributed by atoms with Crippen molar-refractivity contribution in [2.24, 2.45) is 7.05 Å². The molecule has 8 nitrogen and oxygen atoms in total. The van der Waals surface area contributed by atoms with Crippen LogP contribution < -0.4 is 0 Å². The molecule has 0 N–H and O–H groups in total. The monoisotopic (exact) mass is 401 g/mol. The standard InChI is InChI=1S/C22H23N7O/c1-14(2)29-13-24-25-21(29)20-17-12-28(10-8-19(17)27(3)26-20)22(30)16-6-7-18-15(11-16)5-4-9-23-18/h4-7,9,11,13-14H,8,10,12H2,1-3H3. The molecule has 4 aromatic rings. The number of hydrogen-bond donors (Lipinski definition) is 0. The molecule has 1 aliphatic rings. The second-order valence-corrected chi connectivity index (χ2v) is 7.94. The van der Waals surface area contributed by atoms with Crippen LogP contribution in [0.4, 0.5) is 0 Å². The van der Waals surface area contributed by atoms with Crippen molar-refractivity contribution in [1.29, 1.82) is 0 Å². The summed E-state index contributed by atoms with van der Waals surface area (Å²) in [5.74, 6) is 0.763. The van der Waals surface area contributed by atoms with Crippen LogP contribution >= 0.6 is 0 Å². The Bertz CT molecular complexity index is 1250. The maximum Gasteiger partial charge on any atom is 0.254 e. The fourth-order valence-corrected chi connectivity index (χ4v) is 4.13. The Kier molecular flexibility index (Phi) is 4.34. The maximum atomic E-state index is 13.3. The molecule has 1 amide bonds. The van der Waals surface area contributed by atoms with Gasteiger partial charge < -0.3 is 9.47 Å². The molecule has 1 aliphatic heterocycles. The second kappa shape index (κ2) is 7.05. The number of fused-ring (bicyclic) bond motifs is 2. The Labute approximate surface area is 174 Å². The zero-order valence-electron chi connectivity index (χ0n) is 17.3. The predicted octanol–water partition coefficient (Wildman–Crippen LogP) is 3.01. The topological polar surface area (TPSA) is 81.7 Å². The fourth-order valence-electron chi connectivity index (χ4n) is 4.13. The van der Waals surface area contributed by atoms with Crippen molar-refractivity contribution in [3.05, 3.63) is 59.7 Å². The fraction of sp³-hybridized carbons (Fsp3) is 0.318. The lowest BCUT2D eigenvalue weighted by atomic mass is 10.0. The second-order valence-electron chi connectivity index (χ2n) is 7.94. The number of aromatic nitrogens is 6. The number of rotatable bonds is 3. The highest BCUT2D eigenvalue weighted by molar-refractivity contribution is 5.98. The third kappa shape index (κ3) is 2.96. The molecular weight excluding hydrogens is 378 g/mol. The van der Waals surface area contributed by atoms with Gasteiger partial charge in [0.1, 0.15) is 12.0 Å². The van der Waals surface area contributed by atoms with E-state index in [0.29, 0.717) is 18.7 Å². The summed E-state index contributed by atoms with van der Waals surface area (Å²) >= 11 is 0. The molecule has 3 aromatic heterocycles. The first-order valence-corrected chi connectivity index (χ1v) is 10.1. The van der Waals surface area contributed by atoms with E-state index in [0.717, 1.165) is 40.1 Å². The molecule has 0 saturated heterocycles. The summed E-state index contributed by atoms with van der Waals surface area (Å²) in [6.07, 6.45) is 4.25. The largest absolute Gasteiger partial charge is 0.334 e. The van der Waals surface area contributed by atoms with Crippen LogP contribution in [0.5, 0.6) is 0 Å². The molecule has 0 radical (unpaired) electrons. The van der Waals surface area contributed by atoms with Gasteiger partial charge in [0.05, 0.1) is 12.1 Å². The van der Waals surface area contributed by atoms with E-state index in [-0.39, 0.29) is 11.9 Å². The Morgan fingerprint density at radius 2 is 2.07 bits per heavy atom. The molecule has 0 atom stereocenters. The molecule has 8 heteroatoms. The summed E-state index contributed by atoms with van der Waals surface area (Å²) in [6, 6.07) is 9.76. The van der Waals surface area contributed by atoms with E-state index < -0.39 is 0 Å². The Hall–Kier alpha value is -3.55. The summed E-state index contributed by atoms with van der Waals surface area (Å²) in [4.78, 5) is 19.5. The third-order valence-electron chi connectivity index (χ3n) is 5.72. The average Bonchev–Trinajstić information content (AvgIpc) is 3.37. The molecule has 4 heterocycles. The number of hydrogen-bond acceptors (Lipinski definition) is 5. The van der Waals surface area contributed by atoms with Crippen molar-refractivity contribution < 1.29 is 4.79 Å². The quantitative estimate of drug-likeness (QED) is 0.527. The lowest BCUT2D eigenvalue weighted by Crippen LogP contribution is -2.36. The Balaban J connectivity index is 1.49. The van der Waals surface area contributed by atoms with Crippen LogP contribution in [-0.4, -0.2) is 46.9 Å². The van der Waals surface area contributed by atoms with Crippen molar-refractivity contribution in [2.45, 2.75) is 32.9 Å². The summed E-state index contributed by atoms with van der Waals surface area (Å²) in [6.45, 7) is 5.35. The molecule has 152 valence electrons. The van der Waals surface area contributed by atoms with Gasteiger partial charge in [0.15, 0.2) is 5.82 Å². The highest BCUT2D eigenvalue weighted by atomic mass is 16.2. The van der Waals surface area contributed by atoms with Crippen LogP contribution in [0.2, 0.25) is 0 Å². The van der Waals surface area contributed by atoms with Gasteiger partial charge in [-0.2, -0.15) is 5.10 Å². The van der Waals surface area contributed by atoms with E-state index in [1.807, 2.05) is 51.5 Å². The predicted molar refractivity (Wildman–Crippen MR) is 113 cm³/mol. The van der Waals surface area contributed by atoms with Crippen LogP contribution in [0.25, 0.3) is 22.4 Å². The molecule has 0 bridgehead atoms.